The zero-order valence-electron chi connectivity index (χ0n) is 20.9. The number of fused-ring (bicyclic) bond motifs is 1. The summed E-state index contributed by atoms with van der Waals surface area (Å²) in [7, 11) is 0. The average molecular weight is 463 g/mol. The number of para-hydroxylation sites is 1. The molecule has 3 aromatic rings. The molecular formula is C30H38O4. The lowest BCUT2D eigenvalue weighted by Crippen LogP contribution is -2.13. The molecule has 0 spiro atoms. The van der Waals surface area contributed by atoms with Crippen molar-refractivity contribution in [3.8, 4) is 17.2 Å². The van der Waals surface area contributed by atoms with E-state index in [0.29, 0.717) is 36.0 Å². The molecule has 0 aliphatic heterocycles. The van der Waals surface area contributed by atoms with E-state index in [2.05, 4.69) is 13.8 Å². The molecule has 3 aromatic carbocycles. The van der Waals surface area contributed by atoms with Gasteiger partial charge < -0.3 is 14.2 Å². The van der Waals surface area contributed by atoms with Gasteiger partial charge in [-0.05, 0) is 37.5 Å². The van der Waals surface area contributed by atoms with Crippen LogP contribution in [0.5, 0.6) is 17.2 Å². The third-order valence-corrected chi connectivity index (χ3v) is 5.97. The second-order valence-electron chi connectivity index (χ2n) is 8.77. The molecule has 3 rings (SSSR count). The molecule has 0 amide bonds. The van der Waals surface area contributed by atoms with Crippen LogP contribution in [-0.4, -0.2) is 19.2 Å². The van der Waals surface area contributed by atoms with E-state index in [1.54, 1.807) is 6.07 Å². The van der Waals surface area contributed by atoms with E-state index in [4.69, 9.17) is 14.2 Å². The van der Waals surface area contributed by atoms with Gasteiger partial charge in [-0.1, -0.05) is 94.8 Å². The van der Waals surface area contributed by atoms with Crippen molar-refractivity contribution in [2.24, 2.45) is 0 Å². The van der Waals surface area contributed by atoms with Crippen molar-refractivity contribution in [3.63, 3.8) is 0 Å². The topological polar surface area (TPSA) is 44.8 Å². The van der Waals surface area contributed by atoms with Gasteiger partial charge in [0.15, 0.2) is 0 Å². The summed E-state index contributed by atoms with van der Waals surface area (Å²) in [6, 6.07) is 17.3. The largest absolute Gasteiger partial charge is 0.493 e. The van der Waals surface area contributed by atoms with E-state index >= 15 is 0 Å². The number of carbonyl (C=O) groups excluding carboxylic acids is 1. The van der Waals surface area contributed by atoms with Crippen LogP contribution in [0.3, 0.4) is 0 Å². The first-order chi connectivity index (χ1) is 16.7. The molecule has 4 heteroatoms. The van der Waals surface area contributed by atoms with Gasteiger partial charge in [0.1, 0.15) is 22.8 Å². The van der Waals surface area contributed by atoms with E-state index in [1.165, 1.54) is 25.7 Å². The molecule has 0 bridgehead atoms. The van der Waals surface area contributed by atoms with Crippen molar-refractivity contribution in [2.45, 2.75) is 72.1 Å². The lowest BCUT2D eigenvalue weighted by atomic mass is 10.0. The Bertz CT molecular complexity index is 1060. The van der Waals surface area contributed by atoms with Crippen LogP contribution in [0.2, 0.25) is 0 Å². The number of hydrogen-bond acceptors (Lipinski definition) is 4. The van der Waals surface area contributed by atoms with E-state index < -0.39 is 5.97 Å². The van der Waals surface area contributed by atoms with Crippen LogP contribution in [0.1, 0.15) is 81.1 Å². The fraction of sp³-hybridized carbons (Fsp3) is 0.433. The second kappa shape index (κ2) is 13.6. The normalized spacial score (nSPS) is 10.9. The highest BCUT2D eigenvalue weighted by atomic mass is 16.5. The standard InChI is InChI=1S/C30H38O4/c1-4-6-8-14-20-32-28-22-26(30(31)34-27-19-13-10-16-23(27)3)29(33-21-15-9-7-5-2)25-18-12-11-17-24(25)28/h10-13,16-19,22H,4-9,14-15,20-21H2,1-3H3. The molecule has 0 unspecified atom stereocenters. The SMILES string of the molecule is CCCCCCOc1cc(C(=O)Oc2ccccc2C)c(OCCCCCC)c2ccccc12. The minimum absolute atomic E-state index is 0.404. The first-order valence-electron chi connectivity index (χ1n) is 12.7. The van der Waals surface area contributed by atoms with Crippen LogP contribution in [0.4, 0.5) is 0 Å². The molecule has 0 fully saturated rings. The van der Waals surface area contributed by atoms with Gasteiger partial charge in [-0.15, -0.1) is 0 Å². The van der Waals surface area contributed by atoms with E-state index in [-0.39, 0.29) is 0 Å². The zero-order valence-corrected chi connectivity index (χ0v) is 20.9. The van der Waals surface area contributed by atoms with Gasteiger partial charge >= 0.3 is 5.97 Å². The van der Waals surface area contributed by atoms with Gasteiger partial charge in [-0.2, -0.15) is 0 Å². The van der Waals surface area contributed by atoms with E-state index in [9.17, 15) is 4.79 Å². The molecule has 0 aliphatic carbocycles. The monoisotopic (exact) mass is 462 g/mol. The van der Waals surface area contributed by atoms with Crippen LogP contribution >= 0.6 is 0 Å². The maximum absolute atomic E-state index is 13.4. The molecule has 0 atom stereocenters. The molecule has 0 saturated heterocycles. The lowest BCUT2D eigenvalue weighted by molar-refractivity contribution is 0.0728. The van der Waals surface area contributed by atoms with Crippen LogP contribution in [0.15, 0.2) is 54.6 Å². The van der Waals surface area contributed by atoms with Gasteiger partial charge in [0.05, 0.1) is 13.2 Å². The predicted molar refractivity (Wildman–Crippen MR) is 139 cm³/mol. The summed E-state index contributed by atoms with van der Waals surface area (Å²) < 4.78 is 18.2. The summed E-state index contributed by atoms with van der Waals surface area (Å²) in [4.78, 5) is 13.4. The van der Waals surface area contributed by atoms with Crippen LogP contribution in [0.25, 0.3) is 10.8 Å². The van der Waals surface area contributed by atoms with Crippen molar-refractivity contribution < 1.29 is 19.0 Å². The van der Waals surface area contributed by atoms with Crippen molar-refractivity contribution in [2.75, 3.05) is 13.2 Å². The Hall–Kier alpha value is -3.01. The van der Waals surface area contributed by atoms with Gasteiger partial charge in [-0.3, -0.25) is 0 Å². The number of rotatable bonds is 14. The van der Waals surface area contributed by atoms with E-state index in [1.807, 2.05) is 55.5 Å². The van der Waals surface area contributed by atoms with Crippen molar-refractivity contribution in [3.05, 3.63) is 65.7 Å². The number of unbranched alkanes of at least 4 members (excludes halogenated alkanes) is 6. The highest BCUT2D eigenvalue weighted by Crippen LogP contribution is 2.38. The number of benzene rings is 3. The number of carbonyl (C=O) groups is 1. The van der Waals surface area contributed by atoms with Crippen LogP contribution < -0.4 is 14.2 Å². The van der Waals surface area contributed by atoms with Crippen molar-refractivity contribution in [1.82, 2.24) is 0 Å². The summed E-state index contributed by atoms with van der Waals surface area (Å²) in [6.45, 7) is 7.50. The van der Waals surface area contributed by atoms with Gasteiger partial charge in [-0.25, -0.2) is 4.79 Å². The Morgan fingerprint density at radius 3 is 2.00 bits per heavy atom. The summed E-state index contributed by atoms with van der Waals surface area (Å²) in [5.74, 6) is 1.39. The number of aryl methyl sites for hydroxylation is 1. The maximum atomic E-state index is 13.4. The third kappa shape index (κ3) is 6.99. The Morgan fingerprint density at radius 1 is 0.706 bits per heavy atom. The molecule has 0 N–H and O–H groups in total. The minimum atomic E-state index is -0.431. The van der Waals surface area contributed by atoms with E-state index in [0.717, 1.165) is 42.0 Å². The Morgan fingerprint density at radius 2 is 1.32 bits per heavy atom. The number of ether oxygens (including phenoxy) is 3. The molecule has 34 heavy (non-hydrogen) atoms. The third-order valence-electron chi connectivity index (χ3n) is 5.97. The highest BCUT2D eigenvalue weighted by Gasteiger charge is 2.22. The molecule has 0 heterocycles. The molecule has 0 aliphatic rings. The molecule has 0 radical (unpaired) electrons. The van der Waals surface area contributed by atoms with Gasteiger partial charge in [0.2, 0.25) is 0 Å². The predicted octanol–water partition coefficient (Wildman–Crippen LogP) is 8.29. The molecular weight excluding hydrogens is 424 g/mol. The summed E-state index contributed by atoms with van der Waals surface area (Å²) in [5.41, 5.74) is 1.31. The fourth-order valence-electron chi connectivity index (χ4n) is 3.98. The lowest BCUT2D eigenvalue weighted by Gasteiger charge is -2.18. The highest BCUT2D eigenvalue weighted by molar-refractivity contribution is 6.04. The Balaban J connectivity index is 1.93. The Kier molecular flexibility index (Phi) is 10.3. The smallest absolute Gasteiger partial charge is 0.347 e. The maximum Gasteiger partial charge on any atom is 0.347 e. The summed E-state index contributed by atoms with van der Waals surface area (Å²) in [5, 5.41) is 1.83. The van der Waals surface area contributed by atoms with Crippen molar-refractivity contribution in [1.29, 1.82) is 0 Å². The molecule has 0 saturated carbocycles. The van der Waals surface area contributed by atoms with Crippen LogP contribution in [-0.2, 0) is 0 Å². The van der Waals surface area contributed by atoms with Crippen LogP contribution in [0, 0.1) is 6.92 Å². The van der Waals surface area contributed by atoms with Crippen molar-refractivity contribution >= 4 is 16.7 Å². The number of hydrogen-bond donors (Lipinski definition) is 0. The summed E-state index contributed by atoms with van der Waals surface area (Å²) in [6.07, 6.45) is 8.90. The summed E-state index contributed by atoms with van der Waals surface area (Å²) >= 11 is 0. The molecule has 4 nitrogen and oxygen atoms in total. The molecule has 182 valence electrons. The fourth-order valence-corrected chi connectivity index (χ4v) is 3.98. The average Bonchev–Trinajstić information content (AvgIpc) is 2.85. The zero-order chi connectivity index (χ0) is 24.2. The minimum Gasteiger partial charge on any atom is -0.493 e. The first-order valence-corrected chi connectivity index (χ1v) is 12.7. The number of esters is 1. The quantitative estimate of drug-likeness (QED) is 0.137. The van der Waals surface area contributed by atoms with Gasteiger partial charge in [0, 0.05) is 10.8 Å². The molecule has 0 aromatic heterocycles. The Labute approximate surface area is 204 Å². The van der Waals surface area contributed by atoms with Gasteiger partial charge in [0.25, 0.3) is 0 Å². The first kappa shape index (κ1) is 25.6. The second-order valence-corrected chi connectivity index (χ2v) is 8.77.